The molecule has 1 heterocycles. The Hall–Kier alpha value is -1.48. The lowest BCUT2D eigenvalue weighted by atomic mass is 10.2. The van der Waals surface area contributed by atoms with Crippen LogP contribution in [0.5, 0.6) is 0 Å². The zero-order chi connectivity index (χ0) is 13.2. The minimum atomic E-state index is 0.476. The average molecular weight is 276 g/mol. The van der Waals surface area contributed by atoms with Crippen molar-refractivity contribution in [2.45, 2.75) is 32.4 Å². The van der Waals surface area contributed by atoms with Crippen molar-refractivity contribution in [1.82, 2.24) is 9.78 Å². The Morgan fingerprint density at radius 3 is 2.89 bits per heavy atom. The molecule has 19 heavy (non-hydrogen) atoms. The van der Waals surface area contributed by atoms with Crippen molar-refractivity contribution < 1.29 is 0 Å². The fourth-order valence-corrected chi connectivity index (χ4v) is 2.59. The van der Waals surface area contributed by atoms with Gasteiger partial charge in [0.1, 0.15) is 5.82 Å². The second-order valence-electron chi connectivity index (χ2n) is 5.18. The molecule has 1 unspecified atom stereocenters. The van der Waals surface area contributed by atoms with E-state index in [2.05, 4.69) is 22.0 Å². The fourth-order valence-electron chi connectivity index (χ4n) is 2.38. The number of benzene rings is 1. The van der Waals surface area contributed by atoms with Gasteiger partial charge in [-0.1, -0.05) is 29.8 Å². The molecule has 1 N–H and O–H groups in total. The van der Waals surface area contributed by atoms with E-state index in [9.17, 15) is 0 Å². The molecule has 0 amide bonds. The molecule has 3 nitrogen and oxygen atoms in total. The summed E-state index contributed by atoms with van der Waals surface area (Å²) in [5, 5.41) is 8.67. The Bertz CT molecular complexity index is 560. The molecule has 2 aromatic rings. The van der Waals surface area contributed by atoms with Crippen LogP contribution in [0.4, 0.5) is 5.82 Å². The highest BCUT2D eigenvalue weighted by Crippen LogP contribution is 2.40. The van der Waals surface area contributed by atoms with Crippen molar-refractivity contribution in [2.75, 3.05) is 5.32 Å². The summed E-state index contributed by atoms with van der Waals surface area (Å²) in [6.07, 6.45) is 4.50. The summed E-state index contributed by atoms with van der Waals surface area (Å²) in [6.45, 7) is 2.97. The molecular weight excluding hydrogens is 258 g/mol. The summed E-state index contributed by atoms with van der Waals surface area (Å²) in [7, 11) is 0. The molecule has 1 aromatic carbocycles. The second-order valence-corrected chi connectivity index (χ2v) is 5.59. The molecule has 1 aliphatic rings. The quantitative estimate of drug-likeness (QED) is 0.890. The highest BCUT2D eigenvalue weighted by Gasteiger charge is 2.30. The molecule has 0 spiro atoms. The molecule has 1 aromatic heterocycles. The van der Waals surface area contributed by atoms with Gasteiger partial charge in [-0.2, -0.15) is 5.10 Å². The van der Waals surface area contributed by atoms with Crippen LogP contribution in [0.15, 0.2) is 36.5 Å². The van der Waals surface area contributed by atoms with Crippen LogP contribution in [0.3, 0.4) is 0 Å². The van der Waals surface area contributed by atoms with E-state index in [1.807, 2.05) is 36.5 Å². The molecule has 1 aliphatic carbocycles. The van der Waals surface area contributed by atoms with Crippen LogP contribution in [0.1, 0.15) is 31.4 Å². The SMILES string of the molecule is CC(C1CC1)n1nccc1NCc1ccccc1Cl. The van der Waals surface area contributed by atoms with Crippen LogP contribution in [0.2, 0.25) is 5.02 Å². The maximum Gasteiger partial charge on any atom is 0.124 e. The van der Waals surface area contributed by atoms with E-state index >= 15 is 0 Å². The van der Waals surface area contributed by atoms with E-state index in [4.69, 9.17) is 11.6 Å². The third-order valence-electron chi connectivity index (χ3n) is 3.78. The number of hydrogen-bond acceptors (Lipinski definition) is 2. The van der Waals surface area contributed by atoms with Gasteiger partial charge in [-0.15, -0.1) is 0 Å². The number of rotatable bonds is 5. The Balaban J connectivity index is 1.70. The summed E-state index contributed by atoms with van der Waals surface area (Å²) in [5.41, 5.74) is 1.11. The zero-order valence-corrected chi connectivity index (χ0v) is 11.8. The topological polar surface area (TPSA) is 29.9 Å². The van der Waals surface area contributed by atoms with E-state index in [1.165, 1.54) is 12.8 Å². The first-order valence-electron chi connectivity index (χ1n) is 6.76. The predicted octanol–water partition coefficient (Wildman–Crippen LogP) is 4.12. The second kappa shape index (κ2) is 5.25. The fraction of sp³-hybridized carbons (Fsp3) is 0.400. The molecule has 1 saturated carbocycles. The van der Waals surface area contributed by atoms with Crippen LogP contribution < -0.4 is 5.32 Å². The van der Waals surface area contributed by atoms with Gasteiger partial charge in [0.15, 0.2) is 0 Å². The van der Waals surface area contributed by atoms with E-state index in [0.717, 1.165) is 28.9 Å². The summed E-state index contributed by atoms with van der Waals surface area (Å²) in [4.78, 5) is 0. The monoisotopic (exact) mass is 275 g/mol. The van der Waals surface area contributed by atoms with Crippen LogP contribution >= 0.6 is 11.6 Å². The van der Waals surface area contributed by atoms with Gasteiger partial charge in [0.25, 0.3) is 0 Å². The molecule has 0 aliphatic heterocycles. The Morgan fingerprint density at radius 1 is 1.37 bits per heavy atom. The number of nitrogens with one attached hydrogen (secondary N) is 1. The van der Waals surface area contributed by atoms with Gasteiger partial charge in [-0.25, -0.2) is 4.68 Å². The van der Waals surface area contributed by atoms with Crippen LogP contribution in [0.25, 0.3) is 0 Å². The van der Waals surface area contributed by atoms with Crippen LogP contribution in [-0.4, -0.2) is 9.78 Å². The van der Waals surface area contributed by atoms with Crippen molar-refractivity contribution in [3.63, 3.8) is 0 Å². The Kier molecular flexibility index (Phi) is 3.47. The van der Waals surface area contributed by atoms with E-state index < -0.39 is 0 Å². The van der Waals surface area contributed by atoms with Gasteiger partial charge in [0, 0.05) is 17.6 Å². The summed E-state index contributed by atoms with van der Waals surface area (Å²) >= 11 is 6.16. The van der Waals surface area contributed by atoms with Crippen molar-refractivity contribution in [3.05, 3.63) is 47.1 Å². The molecule has 0 radical (unpaired) electrons. The van der Waals surface area contributed by atoms with Gasteiger partial charge >= 0.3 is 0 Å². The summed E-state index contributed by atoms with van der Waals surface area (Å²) in [5.74, 6) is 1.86. The molecule has 1 atom stereocenters. The molecule has 4 heteroatoms. The molecule has 3 rings (SSSR count). The number of nitrogens with zero attached hydrogens (tertiary/aromatic N) is 2. The average Bonchev–Trinajstić information content (AvgIpc) is 3.16. The first kappa shape index (κ1) is 12.5. The van der Waals surface area contributed by atoms with Gasteiger partial charge in [-0.3, -0.25) is 0 Å². The van der Waals surface area contributed by atoms with Crippen molar-refractivity contribution >= 4 is 17.4 Å². The minimum absolute atomic E-state index is 0.476. The van der Waals surface area contributed by atoms with Gasteiger partial charge in [0.05, 0.1) is 12.2 Å². The smallest absolute Gasteiger partial charge is 0.124 e. The van der Waals surface area contributed by atoms with Crippen molar-refractivity contribution in [3.8, 4) is 0 Å². The Labute approximate surface area is 118 Å². The molecule has 0 saturated heterocycles. The van der Waals surface area contributed by atoms with Crippen molar-refractivity contribution in [2.24, 2.45) is 5.92 Å². The van der Waals surface area contributed by atoms with Crippen LogP contribution in [0, 0.1) is 5.92 Å². The largest absolute Gasteiger partial charge is 0.366 e. The molecule has 1 fully saturated rings. The lowest BCUT2D eigenvalue weighted by molar-refractivity contribution is 0.444. The van der Waals surface area contributed by atoms with E-state index in [1.54, 1.807) is 0 Å². The lowest BCUT2D eigenvalue weighted by Crippen LogP contribution is -2.13. The Morgan fingerprint density at radius 2 is 2.16 bits per heavy atom. The molecule has 100 valence electrons. The third kappa shape index (κ3) is 2.76. The van der Waals surface area contributed by atoms with E-state index in [-0.39, 0.29) is 0 Å². The van der Waals surface area contributed by atoms with Gasteiger partial charge < -0.3 is 5.32 Å². The molecular formula is C15H18ClN3. The lowest BCUT2D eigenvalue weighted by Gasteiger charge is -2.16. The first-order chi connectivity index (χ1) is 9.25. The van der Waals surface area contributed by atoms with Gasteiger partial charge in [0.2, 0.25) is 0 Å². The van der Waals surface area contributed by atoms with Crippen molar-refractivity contribution in [1.29, 1.82) is 0 Å². The predicted molar refractivity (Wildman–Crippen MR) is 78.4 cm³/mol. The standard InChI is InChI=1S/C15H18ClN3/c1-11(12-6-7-12)19-15(8-9-18-19)17-10-13-4-2-3-5-14(13)16/h2-5,8-9,11-12,17H,6-7,10H2,1H3. The number of anilines is 1. The number of halogens is 1. The number of aromatic nitrogens is 2. The molecule has 0 bridgehead atoms. The highest BCUT2D eigenvalue weighted by atomic mass is 35.5. The minimum Gasteiger partial charge on any atom is -0.366 e. The normalized spacial score (nSPS) is 16.3. The van der Waals surface area contributed by atoms with Gasteiger partial charge in [-0.05, 0) is 37.3 Å². The maximum atomic E-state index is 6.16. The van der Waals surface area contributed by atoms with Crippen LogP contribution in [-0.2, 0) is 6.54 Å². The summed E-state index contributed by atoms with van der Waals surface area (Å²) in [6, 6.07) is 10.4. The number of hydrogen-bond donors (Lipinski definition) is 1. The first-order valence-corrected chi connectivity index (χ1v) is 7.14. The summed E-state index contributed by atoms with van der Waals surface area (Å²) < 4.78 is 2.09. The zero-order valence-electron chi connectivity index (χ0n) is 11.0. The third-order valence-corrected chi connectivity index (χ3v) is 4.15. The van der Waals surface area contributed by atoms with E-state index in [0.29, 0.717) is 6.04 Å². The highest BCUT2D eigenvalue weighted by molar-refractivity contribution is 6.31. The maximum absolute atomic E-state index is 6.16.